The zero-order valence-corrected chi connectivity index (χ0v) is 26.3. The molecule has 0 spiro atoms. The van der Waals surface area contributed by atoms with Gasteiger partial charge in [0.2, 0.25) is 0 Å². The third kappa shape index (κ3) is 4.73. The standard InChI is InChI=1S/C45H27N3O/c1-2-10-31(11-3-1)43-46-44(35-19-17-30-16-15-29-9-6-7-13-37(29)38(30)26-35)48-45(47-43)36-21-23-42-40(27-36)39-25-34(20-22-41(39)49-42)33-18-14-28-8-4-5-12-32(28)24-33/h1-27H. The van der Waals surface area contributed by atoms with Gasteiger partial charge in [0.25, 0.3) is 0 Å². The number of furan rings is 1. The summed E-state index contributed by atoms with van der Waals surface area (Å²) in [5.41, 5.74) is 6.77. The zero-order chi connectivity index (χ0) is 32.3. The molecule has 0 aliphatic heterocycles. The minimum Gasteiger partial charge on any atom is -0.456 e. The highest BCUT2D eigenvalue weighted by molar-refractivity contribution is 6.09. The van der Waals surface area contributed by atoms with Crippen molar-refractivity contribution in [3.8, 4) is 45.3 Å². The minimum absolute atomic E-state index is 0.615. The molecule has 49 heavy (non-hydrogen) atoms. The third-order valence-corrected chi connectivity index (χ3v) is 9.48. The Morgan fingerprint density at radius 2 is 0.755 bits per heavy atom. The van der Waals surface area contributed by atoms with Gasteiger partial charge in [-0.15, -0.1) is 0 Å². The summed E-state index contributed by atoms with van der Waals surface area (Å²) in [6.45, 7) is 0. The van der Waals surface area contributed by atoms with Gasteiger partial charge in [0, 0.05) is 27.5 Å². The van der Waals surface area contributed by atoms with Crippen molar-refractivity contribution in [2.24, 2.45) is 0 Å². The second kappa shape index (κ2) is 11.0. The van der Waals surface area contributed by atoms with E-state index in [2.05, 4.69) is 121 Å². The summed E-state index contributed by atoms with van der Waals surface area (Å²) in [6.07, 6.45) is 0. The maximum atomic E-state index is 6.31. The molecule has 2 aromatic heterocycles. The number of nitrogens with zero attached hydrogens (tertiary/aromatic N) is 3. The van der Waals surface area contributed by atoms with Crippen molar-refractivity contribution in [1.82, 2.24) is 15.0 Å². The van der Waals surface area contributed by atoms with Gasteiger partial charge in [0.1, 0.15) is 11.2 Å². The van der Waals surface area contributed by atoms with Gasteiger partial charge in [-0.1, -0.05) is 121 Å². The molecular formula is C45H27N3O. The highest BCUT2D eigenvalue weighted by Crippen LogP contribution is 2.36. The number of fused-ring (bicyclic) bond motifs is 7. The lowest BCUT2D eigenvalue weighted by Gasteiger charge is -2.10. The Morgan fingerprint density at radius 1 is 0.286 bits per heavy atom. The largest absolute Gasteiger partial charge is 0.456 e. The molecule has 0 N–H and O–H groups in total. The number of hydrogen-bond acceptors (Lipinski definition) is 4. The minimum atomic E-state index is 0.615. The Balaban J connectivity index is 1.14. The van der Waals surface area contributed by atoms with Gasteiger partial charge < -0.3 is 4.42 Å². The molecule has 4 heteroatoms. The van der Waals surface area contributed by atoms with Gasteiger partial charge in [-0.25, -0.2) is 15.0 Å². The Labute approximate surface area is 282 Å². The van der Waals surface area contributed by atoms with Gasteiger partial charge >= 0.3 is 0 Å². The van der Waals surface area contributed by atoms with E-state index in [1.165, 1.54) is 37.9 Å². The molecule has 0 unspecified atom stereocenters. The normalized spacial score (nSPS) is 11.7. The molecule has 0 bridgehead atoms. The fourth-order valence-corrected chi connectivity index (χ4v) is 6.96. The third-order valence-electron chi connectivity index (χ3n) is 9.48. The second-order valence-electron chi connectivity index (χ2n) is 12.5. The number of hydrogen-bond donors (Lipinski definition) is 0. The van der Waals surface area contributed by atoms with Gasteiger partial charge in [-0.3, -0.25) is 0 Å². The summed E-state index contributed by atoms with van der Waals surface area (Å²) in [6, 6.07) is 57.1. The Bertz CT molecular complexity index is 2890. The van der Waals surface area contributed by atoms with Crippen LogP contribution in [0, 0.1) is 0 Å². The van der Waals surface area contributed by atoms with Crippen molar-refractivity contribution in [3.63, 3.8) is 0 Å². The van der Waals surface area contributed by atoms with Crippen molar-refractivity contribution in [2.75, 3.05) is 0 Å². The number of benzene rings is 8. The van der Waals surface area contributed by atoms with Gasteiger partial charge in [0.15, 0.2) is 17.5 Å². The fraction of sp³-hybridized carbons (Fsp3) is 0. The quantitative estimate of drug-likeness (QED) is 0.183. The molecule has 0 aliphatic carbocycles. The molecule has 4 nitrogen and oxygen atoms in total. The summed E-state index contributed by atoms with van der Waals surface area (Å²) in [4.78, 5) is 15.1. The molecule has 0 radical (unpaired) electrons. The van der Waals surface area contributed by atoms with Crippen molar-refractivity contribution < 1.29 is 4.42 Å². The highest BCUT2D eigenvalue weighted by Gasteiger charge is 2.16. The van der Waals surface area contributed by atoms with Crippen LogP contribution in [0.1, 0.15) is 0 Å². The van der Waals surface area contributed by atoms with Crippen LogP contribution in [-0.2, 0) is 0 Å². The second-order valence-corrected chi connectivity index (χ2v) is 12.5. The predicted octanol–water partition coefficient (Wildman–Crippen LogP) is 11.9. The maximum Gasteiger partial charge on any atom is 0.164 e. The summed E-state index contributed by atoms with van der Waals surface area (Å²) >= 11 is 0. The Kier molecular flexibility index (Phi) is 6.15. The molecule has 0 saturated carbocycles. The molecule has 0 amide bonds. The topological polar surface area (TPSA) is 51.8 Å². The first-order chi connectivity index (χ1) is 24.2. The lowest BCUT2D eigenvalue weighted by molar-refractivity contribution is 0.669. The first-order valence-corrected chi connectivity index (χ1v) is 16.4. The van der Waals surface area contributed by atoms with E-state index in [4.69, 9.17) is 19.4 Å². The molecule has 2 heterocycles. The van der Waals surface area contributed by atoms with Crippen LogP contribution in [0.5, 0.6) is 0 Å². The first kappa shape index (κ1) is 27.5. The van der Waals surface area contributed by atoms with Gasteiger partial charge in [-0.05, 0) is 85.9 Å². The Hall–Kier alpha value is -6.65. The van der Waals surface area contributed by atoms with Gasteiger partial charge in [0.05, 0.1) is 0 Å². The van der Waals surface area contributed by atoms with Crippen molar-refractivity contribution >= 4 is 54.3 Å². The van der Waals surface area contributed by atoms with Crippen LogP contribution in [0.2, 0.25) is 0 Å². The summed E-state index contributed by atoms with van der Waals surface area (Å²) in [7, 11) is 0. The molecule has 8 aromatic carbocycles. The monoisotopic (exact) mass is 625 g/mol. The van der Waals surface area contributed by atoms with E-state index < -0.39 is 0 Å². The van der Waals surface area contributed by atoms with E-state index in [0.29, 0.717) is 17.5 Å². The van der Waals surface area contributed by atoms with Crippen molar-refractivity contribution in [1.29, 1.82) is 0 Å². The average Bonchev–Trinajstić information content (AvgIpc) is 3.55. The van der Waals surface area contributed by atoms with E-state index >= 15 is 0 Å². The molecule has 10 aromatic rings. The van der Waals surface area contributed by atoms with Crippen LogP contribution in [0.15, 0.2) is 168 Å². The van der Waals surface area contributed by atoms with E-state index in [1.54, 1.807) is 0 Å². The smallest absolute Gasteiger partial charge is 0.164 e. The number of rotatable bonds is 4. The molecule has 0 aliphatic rings. The molecule has 228 valence electrons. The Morgan fingerprint density at radius 3 is 1.51 bits per heavy atom. The zero-order valence-electron chi connectivity index (χ0n) is 26.3. The van der Waals surface area contributed by atoms with E-state index in [1.807, 2.05) is 42.5 Å². The molecule has 0 saturated heterocycles. The van der Waals surface area contributed by atoms with Crippen molar-refractivity contribution in [3.05, 3.63) is 164 Å². The van der Waals surface area contributed by atoms with Crippen LogP contribution < -0.4 is 0 Å². The highest BCUT2D eigenvalue weighted by atomic mass is 16.3. The fourth-order valence-electron chi connectivity index (χ4n) is 6.96. The van der Waals surface area contributed by atoms with Crippen molar-refractivity contribution in [2.45, 2.75) is 0 Å². The lowest BCUT2D eigenvalue weighted by atomic mass is 9.99. The predicted molar refractivity (Wildman–Crippen MR) is 201 cm³/mol. The molecular weight excluding hydrogens is 599 g/mol. The molecule has 0 fully saturated rings. The van der Waals surface area contributed by atoms with Crippen LogP contribution in [0.3, 0.4) is 0 Å². The number of aromatic nitrogens is 3. The van der Waals surface area contributed by atoms with E-state index in [9.17, 15) is 0 Å². The summed E-state index contributed by atoms with van der Waals surface area (Å²) in [5.74, 6) is 1.88. The van der Waals surface area contributed by atoms with Gasteiger partial charge in [-0.2, -0.15) is 0 Å². The lowest BCUT2D eigenvalue weighted by Crippen LogP contribution is -2.00. The maximum absolute atomic E-state index is 6.31. The SMILES string of the molecule is c1ccc(-c2nc(-c3ccc4ccc5ccccc5c4c3)nc(-c3ccc4oc5ccc(-c6ccc7ccccc7c6)cc5c4c3)n2)cc1. The molecule has 0 atom stereocenters. The van der Waals surface area contributed by atoms with Crippen LogP contribution >= 0.6 is 0 Å². The average molecular weight is 626 g/mol. The van der Waals surface area contributed by atoms with Crippen LogP contribution in [0.4, 0.5) is 0 Å². The summed E-state index contributed by atoms with van der Waals surface area (Å²) < 4.78 is 6.31. The van der Waals surface area contributed by atoms with Crippen LogP contribution in [0.25, 0.3) is 99.5 Å². The molecule has 10 rings (SSSR count). The summed E-state index contributed by atoms with van der Waals surface area (Å²) in [5, 5.41) is 9.30. The first-order valence-electron chi connectivity index (χ1n) is 16.4. The van der Waals surface area contributed by atoms with E-state index in [0.717, 1.165) is 44.2 Å². The van der Waals surface area contributed by atoms with Crippen LogP contribution in [-0.4, -0.2) is 15.0 Å². The van der Waals surface area contributed by atoms with E-state index in [-0.39, 0.29) is 0 Å².